The van der Waals surface area contributed by atoms with Crippen LogP contribution >= 0.6 is 11.6 Å². The van der Waals surface area contributed by atoms with E-state index in [0.29, 0.717) is 37.4 Å². The molecule has 2 atom stereocenters. The van der Waals surface area contributed by atoms with Crippen LogP contribution in [0.5, 0.6) is 0 Å². The number of fused-ring (bicyclic) bond motifs is 1. The highest BCUT2D eigenvalue weighted by Gasteiger charge is 2.35. The van der Waals surface area contributed by atoms with Crippen molar-refractivity contribution >= 4 is 39.1 Å². The van der Waals surface area contributed by atoms with E-state index in [1.165, 1.54) is 11.2 Å². The SMILES string of the molecule is CC(=O)N1c2ccc(S(=O)(=O)N3CCC[C@@H](C(=O)NCc4ccc(Cl)cc4)C3)cc2C[C@@H]1C. The Balaban J connectivity index is 1.45. The smallest absolute Gasteiger partial charge is 0.243 e. The van der Waals surface area contributed by atoms with Crippen LogP contribution in [-0.2, 0) is 32.6 Å². The number of rotatable bonds is 5. The van der Waals surface area contributed by atoms with E-state index in [0.717, 1.165) is 16.8 Å². The Morgan fingerprint density at radius 1 is 1.15 bits per heavy atom. The summed E-state index contributed by atoms with van der Waals surface area (Å²) >= 11 is 5.90. The Morgan fingerprint density at radius 3 is 2.58 bits per heavy atom. The largest absolute Gasteiger partial charge is 0.352 e. The van der Waals surface area contributed by atoms with E-state index in [9.17, 15) is 18.0 Å². The second-order valence-electron chi connectivity index (χ2n) is 8.78. The number of hydrogen-bond acceptors (Lipinski definition) is 4. The molecule has 0 radical (unpaired) electrons. The van der Waals surface area contributed by atoms with E-state index >= 15 is 0 Å². The van der Waals surface area contributed by atoms with Gasteiger partial charge in [-0.1, -0.05) is 23.7 Å². The number of sulfonamides is 1. The molecule has 2 aromatic carbocycles. The highest BCUT2D eigenvalue weighted by atomic mass is 35.5. The number of halogens is 1. The van der Waals surface area contributed by atoms with Crippen LogP contribution in [0.15, 0.2) is 47.4 Å². The predicted octanol–water partition coefficient (Wildman–Crippen LogP) is 3.35. The highest BCUT2D eigenvalue weighted by Crippen LogP contribution is 2.35. The van der Waals surface area contributed by atoms with Gasteiger partial charge in [-0.05, 0) is 67.6 Å². The van der Waals surface area contributed by atoms with Gasteiger partial charge in [-0.3, -0.25) is 9.59 Å². The Kier molecular flexibility index (Phi) is 6.79. The zero-order chi connectivity index (χ0) is 23.8. The van der Waals surface area contributed by atoms with Crippen LogP contribution in [-0.4, -0.2) is 43.7 Å². The average molecular weight is 490 g/mol. The minimum absolute atomic E-state index is 0.000780. The topological polar surface area (TPSA) is 86.8 Å². The fraction of sp³-hybridized carbons (Fsp3) is 0.417. The van der Waals surface area contributed by atoms with Crippen LogP contribution < -0.4 is 10.2 Å². The molecule has 9 heteroatoms. The first-order valence-electron chi connectivity index (χ1n) is 11.1. The molecule has 0 spiro atoms. The van der Waals surface area contributed by atoms with Crippen molar-refractivity contribution in [1.82, 2.24) is 9.62 Å². The predicted molar refractivity (Wildman–Crippen MR) is 128 cm³/mol. The molecule has 0 aliphatic carbocycles. The molecule has 1 fully saturated rings. The number of anilines is 1. The number of benzene rings is 2. The molecular formula is C24H28ClN3O4S. The Bertz CT molecular complexity index is 1170. The number of nitrogens with zero attached hydrogens (tertiary/aromatic N) is 2. The van der Waals surface area contributed by atoms with E-state index in [1.54, 1.807) is 35.2 Å². The summed E-state index contributed by atoms with van der Waals surface area (Å²) in [6.45, 7) is 4.38. The number of amides is 2. The van der Waals surface area contributed by atoms with E-state index in [2.05, 4.69) is 5.32 Å². The molecule has 2 heterocycles. The molecule has 0 saturated carbocycles. The summed E-state index contributed by atoms with van der Waals surface area (Å²) in [5, 5.41) is 3.55. The van der Waals surface area contributed by atoms with Gasteiger partial charge in [0.1, 0.15) is 0 Å². The molecule has 176 valence electrons. The van der Waals surface area contributed by atoms with Crippen molar-refractivity contribution in [3.05, 3.63) is 58.6 Å². The second-order valence-corrected chi connectivity index (χ2v) is 11.2. The molecule has 4 rings (SSSR count). The third kappa shape index (κ3) is 4.93. The molecule has 33 heavy (non-hydrogen) atoms. The van der Waals surface area contributed by atoms with E-state index in [4.69, 9.17) is 11.6 Å². The Morgan fingerprint density at radius 2 is 1.88 bits per heavy atom. The maximum Gasteiger partial charge on any atom is 0.243 e. The Labute approximate surface area is 199 Å². The van der Waals surface area contributed by atoms with Crippen LogP contribution in [0.25, 0.3) is 0 Å². The van der Waals surface area contributed by atoms with Crippen molar-refractivity contribution in [3.63, 3.8) is 0 Å². The zero-order valence-corrected chi connectivity index (χ0v) is 20.3. The summed E-state index contributed by atoms with van der Waals surface area (Å²) in [5.41, 5.74) is 2.56. The lowest BCUT2D eigenvalue weighted by atomic mass is 9.99. The summed E-state index contributed by atoms with van der Waals surface area (Å²) in [4.78, 5) is 26.6. The number of hydrogen-bond donors (Lipinski definition) is 1. The average Bonchev–Trinajstić information content (AvgIpc) is 3.13. The monoisotopic (exact) mass is 489 g/mol. The van der Waals surface area contributed by atoms with Crippen LogP contribution in [0.2, 0.25) is 5.02 Å². The van der Waals surface area contributed by atoms with Crippen LogP contribution in [0.4, 0.5) is 5.69 Å². The lowest BCUT2D eigenvalue weighted by molar-refractivity contribution is -0.126. The van der Waals surface area contributed by atoms with Gasteiger partial charge in [0.2, 0.25) is 21.8 Å². The van der Waals surface area contributed by atoms with Gasteiger partial charge in [-0.25, -0.2) is 8.42 Å². The number of nitrogens with one attached hydrogen (secondary N) is 1. The highest BCUT2D eigenvalue weighted by molar-refractivity contribution is 7.89. The lowest BCUT2D eigenvalue weighted by Crippen LogP contribution is -2.45. The molecule has 2 amide bonds. The maximum atomic E-state index is 13.4. The molecule has 7 nitrogen and oxygen atoms in total. The molecule has 1 saturated heterocycles. The molecule has 2 aliphatic heterocycles. The van der Waals surface area contributed by atoms with Gasteiger partial charge in [-0.15, -0.1) is 0 Å². The molecule has 2 aliphatic rings. The molecule has 0 unspecified atom stereocenters. The van der Waals surface area contributed by atoms with E-state index in [1.807, 2.05) is 19.1 Å². The summed E-state index contributed by atoms with van der Waals surface area (Å²) < 4.78 is 28.1. The van der Waals surface area contributed by atoms with Gasteiger partial charge in [0.15, 0.2) is 0 Å². The van der Waals surface area contributed by atoms with Gasteiger partial charge in [-0.2, -0.15) is 4.31 Å². The fourth-order valence-electron chi connectivity index (χ4n) is 4.71. The minimum atomic E-state index is -3.74. The summed E-state index contributed by atoms with van der Waals surface area (Å²) in [6, 6.07) is 12.2. The molecular weight excluding hydrogens is 462 g/mol. The maximum absolute atomic E-state index is 13.4. The van der Waals surface area contributed by atoms with Crippen molar-refractivity contribution in [3.8, 4) is 0 Å². The fourth-order valence-corrected chi connectivity index (χ4v) is 6.41. The first-order valence-corrected chi connectivity index (χ1v) is 12.9. The number of carbonyl (C=O) groups excluding carboxylic acids is 2. The Hall–Kier alpha value is -2.42. The molecule has 0 aromatic heterocycles. The quantitative estimate of drug-likeness (QED) is 0.697. The third-order valence-electron chi connectivity index (χ3n) is 6.38. The van der Waals surface area contributed by atoms with Crippen molar-refractivity contribution in [2.45, 2.75) is 50.6 Å². The van der Waals surface area contributed by atoms with Gasteiger partial charge in [0.25, 0.3) is 0 Å². The summed E-state index contributed by atoms with van der Waals surface area (Å²) in [6.07, 6.45) is 1.89. The van der Waals surface area contributed by atoms with Crippen LogP contribution in [0, 0.1) is 5.92 Å². The normalized spacial score (nSPS) is 21.0. The lowest BCUT2D eigenvalue weighted by Gasteiger charge is -2.31. The van der Waals surface area contributed by atoms with Crippen molar-refractivity contribution in [2.75, 3.05) is 18.0 Å². The van der Waals surface area contributed by atoms with Crippen molar-refractivity contribution < 1.29 is 18.0 Å². The van der Waals surface area contributed by atoms with Gasteiger partial charge >= 0.3 is 0 Å². The molecule has 0 bridgehead atoms. The van der Waals surface area contributed by atoms with Crippen molar-refractivity contribution in [1.29, 1.82) is 0 Å². The molecule has 2 aromatic rings. The number of piperidine rings is 1. The summed E-state index contributed by atoms with van der Waals surface area (Å²) in [5.74, 6) is -0.603. The summed E-state index contributed by atoms with van der Waals surface area (Å²) in [7, 11) is -3.74. The third-order valence-corrected chi connectivity index (χ3v) is 8.49. The minimum Gasteiger partial charge on any atom is -0.352 e. The van der Waals surface area contributed by atoms with Crippen LogP contribution in [0.3, 0.4) is 0 Å². The number of carbonyl (C=O) groups is 2. The van der Waals surface area contributed by atoms with E-state index < -0.39 is 15.9 Å². The van der Waals surface area contributed by atoms with Crippen LogP contribution in [0.1, 0.15) is 37.8 Å². The standard InChI is InChI=1S/C24H28ClN3O4S/c1-16-12-20-13-22(9-10-23(20)28(16)17(2)29)33(31,32)27-11-3-4-19(15-27)24(30)26-14-18-5-7-21(25)8-6-18/h5-10,13,16,19H,3-4,11-12,14-15H2,1-2H3,(H,26,30)/t16-,19+/m0/s1. The molecule has 1 N–H and O–H groups in total. The second kappa shape index (κ2) is 9.44. The first kappa shape index (κ1) is 23.7. The van der Waals surface area contributed by atoms with Gasteiger partial charge < -0.3 is 10.2 Å². The van der Waals surface area contributed by atoms with Gasteiger partial charge in [0, 0.05) is 43.3 Å². The first-order chi connectivity index (χ1) is 15.7. The van der Waals surface area contributed by atoms with E-state index in [-0.39, 0.29) is 29.3 Å². The van der Waals surface area contributed by atoms with Gasteiger partial charge in [0.05, 0.1) is 10.8 Å². The zero-order valence-electron chi connectivity index (χ0n) is 18.8. The van der Waals surface area contributed by atoms with Crippen molar-refractivity contribution in [2.24, 2.45) is 5.92 Å².